The van der Waals surface area contributed by atoms with Crippen molar-refractivity contribution in [2.24, 2.45) is 10.3 Å². The van der Waals surface area contributed by atoms with Gasteiger partial charge in [-0.3, -0.25) is 9.52 Å². The summed E-state index contributed by atoms with van der Waals surface area (Å²) in [6.07, 6.45) is 3.90. The normalized spacial score (nSPS) is 21.6. The lowest BCUT2D eigenvalue weighted by Crippen LogP contribution is -2.46. The molecule has 182 valence electrons. The van der Waals surface area contributed by atoms with Gasteiger partial charge in [-0.25, -0.2) is 8.42 Å². The Kier molecular flexibility index (Phi) is 5.64. The number of aromatic nitrogens is 1. The first-order valence-corrected chi connectivity index (χ1v) is 14.0. The number of nitrogens with zero attached hydrogens (tertiary/aromatic N) is 2. The van der Waals surface area contributed by atoms with Gasteiger partial charge in [0.1, 0.15) is 16.0 Å². The molecule has 0 bridgehead atoms. The minimum absolute atomic E-state index is 0.0557. The topological polar surface area (TPSA) is 147 Å². The molecule has 4 rings (SSSR count). The minimum Gasteiger partial charge on any atom is -0.505 e. The van der Waals surface area contributed by atoms with Gasteiger partial charge in [-0.2, -0.15) is 8.42 Å². The van der Waals surface area contributed by atoms with E-state index < -0.39 is 31.4 Å². The number of benzene rings is 1. The number of anilines is 2. The lowest BCUT2D eigenvalue weighted by atomic mass is 9.80. The summed E-state index contributed by atoms with van der Waals surface area (Å²) in [5, 5.41) is 13.8. The van der Waals surface area contributed by atoms with Crippen LogP contribution in [0.2, 0.25) is 0 Å². The fourth-order valence-electron chi connectivity index (χ4n) is 4.19. The number of fused-ring (bicyclic) bond motifs is 2. The first-order valence-electron chi connectivity index (χ1n) is 10.6. The van der Waals surface area contributed by atoms with Crippen LogP contribution in [0.1, 0.15) is 39.3 Å². The molecule has 10 nitrogen and oxygen atoms in total. The maximum atomic E-state index is 13.7. The van der Waals surface area contributed by atoms with Crippen LogP contribution in [0.15, 0.2) is 51.4 Å². The monoisotopic (exact) mass is 506 g/mol. The Hall–Kier alpha value is -3.12. The van der Waals surface area contributed by atoms with E-state index in [1.807, 2.05) is 13.8 Å². The predicted octanol–water partition coefficient (Wildman–Crippen LogP) is 3.08. The van der Waals surface area contributed by atoms with Crippen LogP contribution in [0.3, 0.4) is 0 Å². The van der Waals surface area contributed by atoms with E-state index in [1.54, 1.807) is 29.8 Å². The van der Waals surface area contributed by atoms with E-state index >= 15 is 0 Å². The van der Waals surface area contributed by atoms with Crippen LogP contribution in [0.5, 0.6) is 0 Å². The number of aliphatic hydroxyl groups excluding tert-OH is 1. The molecule has 1 aromatic carbocycles. The summed E-state index contributed by atoms with van der Waals surface area (Å²) in [5.41, 5.74) is -0.684. The quantitative estimate of drug-likeness (QED) is 0.545. The molecule has 0 fully saturated rings. The molecular formula is C22H26N4O6S2. The van der Waals surface area contributed by atoms with Gasteiger partial charge in [-0.05, 0) is 56.0 Å². The standard InChI is InChI=1S/C22H26N4O6S2/c1-13(2)9-10-22(3)20(28)18(19(27)16-6-5-11-26(16)22)21-23-15-8-7-14(24-33(4,29)30)12-17(15)34(31,32)25-21/h5-8,11-13,24,27H,9-10H2,1-4H3,(H,23,25)/t22-/m1/s1. The molecule has 0 radical (unpaired) electrons. The van der Waals surface area contributed by atoms with Gasteiger partial charge in [0.25, 0.3) is 10.0 Å². The van der Waals surface area contributed by atoms with Crippen LogP contribution in [-0.2, 0) is 30.4 Å². The van der Waals surface area contributed by atoms with E-state index in [-0.39, 0.29) is 33.4 Å². The van der Waals surface area contributed by atoms with E-state index in [4.69, 9.17) is 0 Å². The summed E-state index contributed by atoms with van der Waals surface area (Å²) in [6, 6.07) is 7.28. The lowest BCUT2D eigenvalue weighted by molar-refractivity contribution is -0.123. The van der Waals surface area contributed by atoms with Crippen molar-refractivity contribution in [3.8, 4) is 0 Å². The fourth-order valence-corrected chi connectivity index (χ4v) is 5.89. The Morgan fingerprint density at radius 3 is 2.62 bits per heavy atom. The molecule has 34 heavy (non-hydrogen) atoms. The second kappa shape index (κ2) is 7.98. The van der Waals surface area contributed by atoms with Crippen LogP contribution in [0, 0.1) is 5.92 Å². The molecule has 0 amide bonds. The van der Waals surface area contributed by atoms with Crippen molar-refractivity contribution >= 4 is 48.8 Å². The average molecular weight is 507 g/mol. The third-order valence-corrected chi connectivity index (χ3v) is 7.87. The van der Waals surface area contributed by atoms with Gasteiger partial charge in [0.05, 0.1) is 17.6 Å². The molecule has 1 aromatic heterocycles. The first-order chi connectivity index (χ1) is 15.7. The van der Waals surface area contributed by atoms with E-state index in [9.17, 15) is 26.7 Å². The van der Waals surface area contributed by atoms with Crippen LogP contribution in [-0.4, -0.2) is 44.4 Å². The summed E-state index contributed by atoms with van der Waals surface area (Å²) >= 11 is 0. The molecule has 2 aliphatic heterocycles. The molecule has 0 saturated carbocycles. The summed E-state index contributed by atoms with van der Waals surface area (Å²) < 4.78 is 56.8. The number of aliphatic hydroxyl groups is 1. The molecular weight excluding hydrogens is 480 g/mol. The number of rotatable bonds is 6. The third kappa shape index (κ3) is 4.11. The van der Waals surface area contributed by atoms with Gasteiger partial charge < -0.3 is 15.0 Å². The van der Waals surface area contributed by atoms with Gasteiger partial charge in [0.2, 0.25) is 10.0 Å². The molecule has 3 N–H and O–H groups in total. The molecule has 3 heterocycles. The summed E-state index contributed by atoms with van der Waals surface area (Å²) in [7, 11) is -7.93. The van der Waals surface area contributed by atoms with Gasteiger partial charge in [-0.15, -0.1) is 4.40 Å². The van der Waals surface area contributed by atoms with E-state index in [0.717, 1.165) is 18.7 Å². The van der Waals surface area contributed by atoms with Crippen LogP contribution >= 0.6 is 0 Å². The second-order valence-electron chi connectivity index (χ2n) is 9.15. The van der Waals surface area contributed by atoms with Crippen molar-refractivity contribution in [3.63, 3.8) is 0 Å². The number of amidine groups is 1. The first kappa shape index (κ1) is 24.0. The Morgan fingerprint density at radius 1 is 1.26 bits per heavy atom. The highest BCUT2D eigenvalue weighted by Gasteiger charge is 2.46. The second-order valence-corrected chi connectivity index (χ2v) is 12.5. The van der Waals surface area contributed by atoms with Crippen LogP contribution in [0.4, 0.5) is 11.4 Å². The SMILES string of the molecule is CC(C)CC[C@]1(C)C(=O)C(C2=NS(=O)(=O)c3cc(NS(C)(=O)=O)ccc3N2)=C(O)c2cccn21. The van der Waals surface area contributed by atoms with Crippen molar-refractivity contribution in [2.75, 3.05) is 16.3 Å². The number of hydrogen-bond donors (Lipinski definition) is 3. The van der Waals surface area contributed by atoms with Crippen molar-refractivity contribution in [3.05, 3.63) is 47.8 Å². The Balaban J connectivity index is 1.81. The fraction of sp³-hybridized carbons (Fsp3) is 0.364. The van der Waals surface area contributed by atoms with Crippen LogP contribution in [0.25, 0.3) is 5.76 Å². The number of sulfonamides is 2. The highest BCUT2D eigenvalue weighted by atomic mass is 32.2. The van der Waals surface area contributed by atoms with E-state index in [0.29, 0.717) is 18.0 Å². The number of Topliss-reactive ketones (excluding diaryl/α,β-unsaturated/α-hetero) is 1. The molecule has 12 heteroatoms. The van der Waals surface area contributed by atoms with E-state index in [1.165, 1.54) is 12.1 Å². The van der Waals surface area contributed by atoms with Crippen LogP contribution < -0.4 is 10.0 Å². The van der Waals surface area contributed by atoms with Crippen molar-refractivity contribution in [2.45, 2.75) is 44.0 Å². The van der Waals surface area contributed by atoms with Gasteiger partial charge in [0.15, 0.2) is 17.4 Å². The average Bonchev–Trinajstić information content (AvgIpc) is 3.21. The van der Waals surface area contributed by atoms with Gasteiger partial charge >= 0.3 is 0 Å². The zero-order chi connectivity index (χ0) is 25.1. The summed E-state index contributed by atoms with van der Waals surface area (Å²) in [5.74, 6) is -0.757. The highest BCUT2D eigenvalue weighted by molar-refractivity contribution is 7.92. The molecule has 0 spiro atoms. The summed E-state index contributed by atoms with van der Waals surface area (Å²) in [4.78, 5) is 13.5. The number of hydrogen-bond acceptors (Lipinski definition) is 7. The zero-order valence-corrected chi connectivity index (χ0v) is 20.8. The minimum atomic E-state index is -4.31. The molecule has 1 atom stereocenters. The maximum Gasteiger partial charge on any atom is 0.286 e. The molecule has 2 aliphatic rings. The van der Waals surface area contributed by atoms with Gasteiger partial charge in [0, 0.05) is 11.9 Å². The maximum absolute atomic E-state index is 13.7. The number of nitrogens with one attached hydrogen (secondary N) is 2. The third-order valence-electron chi connectivity index (χ3n) is 5.95. The highest BCUT2D eigenvalue weighted by Crippen LogP contribution is 2.40. The smallest absolute Gasteiger partial charge is 0.286 e. The molecule has 0 aliphatic carbocycles. The molecule has 0 unspecified atom stereocenters. The van der Waals surface area contributed by atoms with E-state index in [2.05, 4.69) is 14.4 Å². The van der Waals surface area contributed by atoms with Crippen molar-refractivity contribution in [1.82, 2.24) is 4.57 Å². The summed E-state index contributed by atoms with van der Waals surface area (Å²) in [6.45, 7) is 5.86. The predicted molar refractivity (Wildman–Crippen MR) is 130 cm³/mol. The van der Waals surface area contributed by atoms with Gasteiger partial charge in [-0.1, -0.05) is 13.8 Å². The zero-order valence-electron chi connectivity index (χ0n) is 19.2. The lowest BCUT2D eigenvalue weighted by Gasteiger charge is -2.37. The number of carbonyl (C=O) groups excluding carboxylic acids is 1. The molecule has 0 saturated heterocycles. The number of ketones is 1. The Bertz CT molecular complexity index is 1470. The Morgan fingerprint density at radius 2 is 1.97 bits per heavy atom. The van der Waals surface area contributed by atoms with Crippen molar-refractivity contribution < 1.29 is 26.7 Å². The largest absolute Gasteiger partial charge is 0.505 e. The van der Waals surface area contributed by atoms with Crippen molar-refractivity contribution in [1.29, 1.82) is 0 Å². The molecule has 2 aromatic rings. The number of carbonyl (C=O) groups is 1. The Labute approximate surface area is 198 Å².